The summed E-state index contributed by atoms with van der Waals surface area (Å²) in [6.45, 7) is 5.81. The molecule has 0 atom stereocenters. The number of para-hydroxylation sites is 1. The Morgan fingerprint density at radius 1 is 1.30 bits per heavy atom. The Labute approximate surface area is 120 Å². The number of nitrogens with one attached hydrogen (secondary N) is 1. The van der Waals surface area contributed by atoms with Crippen LogP contribution in [0.2, 0.25) is 0 Å². The molecule has 0 unspecified atom stereocenters. The molecule has 3 aromatic rings. The highest BCUT2D eigenvalue weighted by molar-refractivity contribution is 7.15. The lowest BCUT2D eigenvalue weighted by Gasteiger charge is -1.98. The van der Waals surface area contributed by atoms with Crippen LogP contribution in [0.25, 0.3) is 11.0 Å². The molecule has 0 fully saturated rings. The van der Waals surface area contributed by atoms with Crippen LogP contribution in [0, 0.1) is 20.8 Å². The molecular formula is C15H14N2O2S. The molecule has 5 heteroatoms. The number of fused-ring (bicyclic) bond motifs is 1. The zero-order valence-corrected chi connectivity index (χ0v) is 12.3. The van der Waals surface area contributed by atoms with Gasteiger partial charge in [-0.05, 0) is 26.3 Å². The van der Waals surface area contributed by atoms with Crippen LogP contribution < -0.4 is 5.32 Å². The van der Waals surface area contributed by atoms with Crippen molar-refractivity contribution in [2.24, 2.45) is 0 Å². The molecule has 1 N–H and O–H groups in total. The van der Waals surface area contributed by atoms with Gasteiger partial charge in [0, 0.05) is 22.0 Å². The number of benzene rings is 1. The van der Waals surface area contributed by atoms with Gasteiger partial charge in [0.05, 0.1) is 0 Å². The lowest BCUT2D eigenvalue weighted by Crippen LogP contribution is -2.11. The van der Waals surface area contributed by atoms with Crippen LogP contribution in [-0.2, 0) is 0 Å². The molecule has 102 valence electrons. The van der Waals surface area contributed by atoms with Crippen LogP contribution in [0.4, 0.5) is 5.13 Å². The van der Waals surface area contributed by atoms with E-state index in [0.29, 0.717) is 10.9 Å². The van der Waals surface area contributed by atoms with Gasteiger partial charge in [0.15, 0.2) is 10.9 Å². The molecule has 0 aliphatic heterocycles. The van der Waals surface area contributed by atoms with Gasteiger partial charge >= 0.3 is 0 Å². The number of amides is 1. The molecule has 1 aromatic carbocycles. The zero-order chi connectivity index (χ0) is 14.3. The summed E-state index contributed by atoms with van der Waals surface area (Å²) in [6.07, 6.45) is 1.73. The van der Waals surface area contributed by atoms with E-state index in [-0.39, 0.29) is 5.91 Å². The van der Waals surface area contributed by atoms with E-state index < -0.39 is 0 Å². The Hall–Kier alpha value is -2.14. The van der Waals surface area contributed by atoms with E-state index in [2.05, 4.69) is 10.3 Å². The van der Waals surface area contributed by atoms with E-state index in [1.807, 2.05) is 39.0 Å². The quantitative estimate of drug-likeness (QED) is 0.772. The van der Waals surface area contributed by atoms with E-state index in [0.717, 1.165) is 27.0 Å². The first-order valence-corrected chi connectivity index (χ1v) is 7.10. The van der Waals surface area contributed by atoms with Crippen LogP contribution in [-0.4, -0.2) is 10.9 Å². The number of anilines is 1. The summed E-state index contributed by atoms with van der Waals surface area (Å²) in [7, 11) is 0. The molecule has 3 rings (SSSR count). The van der Waals surface area contributed by atoms with Gasteiger partial charge in [0.25, 0.3) is 5.91 Å². The second-order valence-corrected chi connectivity index (χ2v) is 5.97. The molecule has 0 aliphatic carbocycles. The second-order valence-electron chi connectivity index (χ2n) is 4.74. The van der Waals surface area contributed by atoms with Crippen molar-refractivity contribution >= 4 is 33.3 Å². The Balaban J connectivity index is 1.99. The maximum absolute atomic E-state index is 12.3. The van der Waals surface area contributed by atoms with Gasteiger partial charge in [0.2, 0.25) is 0 Å². The summed E-state index contributed by atoms with van der Waals surface area (Å²) >= 11 is 1.44. The Kier molecular flexibility index (Phi) is 3.06. The lowest BCUT2D eigenvalue weighted by atomic mass is 10.1. The standard InChI is InChI=1S/C15H14N2O2S/c1-8-5-4-6-11-10(3)13(19-12(8)11)14(18)17-15-16-7-9(2)20-15/h4-7H,1-3H3,(H,16,17,18). The summed E-state index contributed by atoms with van der Waals surface area (Å²) in [5.41, 5.74) is 2.65. The van der Waals surface area contributed by atoms with Gasteiger partial charge in [-0.3, -0.25) is 10.1 Å². The highest BCUT2D eigenvalue weighted by Gasteiger charge is 2.19. The maximum Gasteiger partial charge on any atom is 0.293 e. The first kappa shape index (κ1) is 12.9. The molecule has 2 heterocycles. The number of hydrogen-bond acceptors (Lipinski definition) is 4. The maximum atomic E-state index is 12.3. The number of thiazole rings is 1. The van der Waals surface area contributed by atoms with Gasteiger partial charge in [-0.2, -0.15) is 0 Å². The molecule has 2 aromatic heterocycles. The number of aromatic nitrogens is 1. The van der Waals surface area contributed by atoms with Crippen molar-refractivity contribution in [2.75, 3.05) is 5.32 Å². The molecule has 20 heavy (non-hydrogen) atoms. The number of carbonyl (C=O) groups is 1. The molecule has 0 radical (unpaired) electrons. The van der Waals surface area contributed by atoms with Crippen molar-refractivity contribution in [3.8, 4) is 0 Å². The largest absolute Gasteiger partial charge is 0.450 e. The third-order valence-corrected chi connectivity index (χ3v) is 4.04. The lowest BCUT2D eigenvalue weighted by molar-refractivity contribution is 0.0998. The smallest absolute Gasteiger partial charge is 0.293 e. The summed E-state index contributed by atoms with van der Waals surface area (Å²) in [4.78, 5) is 17.5. The van der Waals surface area contributed by atoms with Gasteiger partial charge in [-0.1, -0.05) is 18.2 Å². The fraction of sp³-hybridized carbons (Fsp3) is 0.200. The van der Waals surface area contributed by atoms with E-state index in [1.165, 1.54) is 11.3 Å². The number of rotatable bonds is 2. The minimum atomic E-state index is -0.257. The molecule has 4 nitrogen and oxygen atoms in total. The predicted molar refractivity (Wildman–Crippen MR) is 80.5 cm³/mol. The zero-order valence-electron chi connectivity index (χ0n) is 11.5. The monoisotopic (exact) mass is 286 g/mol. The Bertz CT molecular complexity index is 801. The minimum absolute atomic E-state index is 0.257. The highest BCUT2D eigenvalue weighted by atomic mass is 32.1. The fourth-order valence-electron chi connectivity index (χ4n) is 2.17. The van der Waals surface area contributed by atoms with Crippen LogP contribution in [0.15, 0.2) is 28.8 Å². The number of furan rings is 1. The normalized spacial score (nSPS) is 10.9. The van der Waals surface area contributed by atoms with E-state index in [9.17, 15) is 4.79 Å². The minimum Gasteiger partial charge on any atom is -0.450 e. The van der Waals surface area contributed by atoms with Crippen molar-refractivity contribution in [1.29, 1.82) is 0 Å². The highest BCUT2D eigenvalue weighted by Crippen LogP contribution is 2.28. The average Bonchev–Trinajstić information content (AvgIpc) is 2.95. The third kappa shape index (κ3) is 2.10. The summed E-state index contributed by atoms with van der Waals surface area (Å²) in [5.74, 6) is 0.0922. The first-order chi connectivity index (χ1) is 9.56. The van der Waals surface area contributed by atoms with Crippen molar-refractivity contribution in [3.05, 3.63) is 46.2 Å². The second kappa shape index (κ2) is 4.76. The summed E-state index contributed by atoms with van der Waals surface area (Å²) in [5, 5.41) is 4.34. The SMILES string of the molecule is Cc1cnc(NC(=O)c2oc3c(C)cccc3c2C)s1. The van der Waals surface area contributed by atoms with Gasteiger partial charge in [-0.25, -0.2) is 4.98 Å². The Morgan fingerprint density at radius 2 is 2.10 bits per heavy atom. The van der Waals surface area contributed by atoms with E-state index >= 15 is 0 Å². The van der Waals surface area contributed by atoms with Crippen molar-refractivity contribution in [2.45, 2.75) is 20.8 Å². The molecule has 0 aliphatic rings. The molecule has 0 bridgehead atoms. The van der Waals surface area contributed by atoms with Crippen molar-refractivity contribution in [1.82, 2.24) is 4.98 Å². The average molecular weight is 286 g/mol. The molecule has 0 spiro atoms. The molecule has 0 saturated heterocycles. The Morgan fingerprint density at radius 3 is 2.75 bits per heavy atom. The van der Waals surface area contributed by atoms with Crippen molar-refractivity contribution in [3.63, 3.8) is 0 Å². The van der Waals surface area contributed by atoms with E-state index in [1.54, 1.807) is 6.20 Å². The first-order valence-electron chi connectivity index (χ1n) is 6.29. The van der Waals surface area contributed by atoms with E-state index in [4.69, 9.17) is 4.42 Å². The number of aryl methyl sites for hydroxylation is 3. The third-order valence-electron chi connectivity index (χ3n) is 3.21. The number of hydrogen-bond donors (Lipinski definition) is 1. The topological polar surface area (TPSA) is 55.1 Å². The molecular weight excluding hydrogens is 272 g/mol. The number of carbonyl (C=O) groups excluding carboxylic acids is 1. The van der Waals surface area contributed by atoms with Crippen molar-refractivity contribution < 1.29 is 9.21 Å². The van der Waals surface area contributed by atoms with Gasteiger partial charge < -0.3 is 4.42 Å². The van der Waals surface area contributed by atoms with Crippen LogP contribution in [0.3, 0.4) is 0 Å². The molecule has 1 amide bonds. The predicted octanol–water partition coefficient (Wildman–Crippen LogP) is 4.07. The number of nitrogens with zero attached hydrogens (tertiary/aromatic N) is 1. The fourth-order valence-corrected chi connectivity index (χ4v) is 2.83. The molecule has 0 saturated carbocycles. The summed E-state index contributed by atoms with van der Waals surface area (Å²) in [6, 6.07) is 5.90. The van der Waals surface area contributed by atoms with Crippen LogP contribution >= 0.6 is 11.3 Å². The van der Waals surface area contributed by atoms with Gasteiger partial charge in [0.1, 0.15) is 5.58 Å². The van der Waals surface area contributed by atoms with Gasteiger partial charge in [-0.15, -0.1) is 11.3 Å². The van der Waals surface area contributed by atoms with Crippen LogP contribution in [0.5, 0.6) is 0 Å². The van der Waals surface area contributed by atoms with Crippen LogP contribution in [0.1, 0.15) is 26.6 Å². The summed E-state index contributed by atoms with van der Waals surface area (Å²) < 4.78 is 5.74.